The Bertz CT molecular complexity index is 502. The van der Waals surface area contributed by atoms with Gasteiger partial charge in [0.25, 0.3) is 0 Å². The summed E-state index contributed by atoms with van der Waals surface area (Å²) in [7, 11) is 2.75. The molecule has 0 saturated carbocycles. The first-order valence-electron chi connectivity index (χ1n) is 7.06. The van der Waals surface area contributed by atoms with Crippen molar-refractivity contribution in [3.63, 3.8) is 0 Å². The molecule has 1 atom stereocenters. The third kappa shape index (κ3) is 3.24. The molecule has 1 aromatic carbocycles. The number of carbonyl (C=O) groups excluding carboxylic acids is 2. The maximum absolute atomic E-state index is 12.2. The summed E-state index contributed by atoms with van der Waals surface area (Å²) in [5.41, 5.74) is 0.447. The highest BCUT2D eigenvalue weighted by Crippen LogP contribution is 2.37. The zero-order valence-corrected chi connectivity index (χ0v) is 12.5. The van der Waals surface area contributed by atoms with Crippen LogP contribution in [0.3, 0.4) is 0 Å². The van der Waals surface area contributed by atoms with Crippen LogP contribution in [0.1, 0.15) is 24.8 Å². The van der Waals surface area contributed by atoms with Crippen molar-refractivity contribution in [2.75, 3.05) is 20.8 Å². The Hall–Kier alpha value is -1.88. The van der Waals surface area contributed by atoms with Gasteiger partial charge in [-0.1, -0.05) is 30.3 Å². The Labute approximate surface area is 124 Å². The minimum Gasteiger partial charge on any atom is -0.469 e. The first kappa shape index (κ1) is 15.5. The van der Waals surface area contributed by atoms with Gasteiger partial charge in [-0.05, 0) is 18.4 Å². The molecule has 0 aliphatic carbocycles. The molecule has 2 rings (SSSR count). The molecule has 0 bridgehead atoms. The molecular weight excluding hydrogens is 270 g/mol. The predicted molar refractivity (Wildman–Crippen MR) is 77.5 cm³/mol. The van der Waals surface area contributed by atoms with Crippen LogP contribution in [-0.4, -0.2) is 43.1 Å². The van der Waals surface area contributed by atoms with Crippen LogP contribution in [-0.2, 0) is 25.6 Å². The number of esters is 2. The topological polar surface area (TPSA) is 55.8 Å². The van der Waals surface area contributed by atoms with Gasteiger partial charge in [0.2, 0.25) is 0 Å². The molecule has 5 heteroatoms. The number of hydrogen-bond donors (Lipinski definition) is 0. The molecule has 1 heterocycles. The van der Waals surface area contributed by atoms with Gasteiger partial charge in [0.15, 0.2) is 0 Å². The van der Waals surface area contributed by atoms with Crippen LogP contribution in [0.2, 0.25) is 0 Å². The minimum absolute atomic E-state index is 0.219. The summed E-state index contributed by atoms with van der Waals surface area (Å²) in [5, 5.41) is 0. The van der Waals surface area contributed by atoms with E-state index in [1.807, 2.05) is 30.3 Å². The van der Waals surface area contributed by atoms with Crippen molar-refractivity contribution in [3.05, 3.63) is 35.9 Å². The third-order valence-corrected chi connectivity index (χ3v) is 4.15. The van der Waals surface area contributed by atoms with Crippen molar-refractivity contribution >= 4 is 11.9 Å². The molecule has 0 spiro atoms. The van der Waals surface area contributed by atoms with Crippen LogP contribution >= 0.6 is 0 Å². The molecule has 21 heavy (non-hydrogen) atoms. The Morgan fingerprint density at radius 2 is 1.90 bits per heavy atom. The summed E-state index contributed by atoms with van der Waals surface area (Å²) in [6, 6.07) is 9.97. The van der Waals surface area contributed by atoms with E-state index in [2.05, 4.69) is 9.64 Å². The van der Waals surface area contributed by atoms with E-state index < -0.39 is 5.54 Å². The fourth-order valence-corrected chi connectivity index (χ4v) is 2.79. The molecule has 0 amide bonds. The van der Waals surface area contributed by atoms with E-state index in [-0.39, 0.29) is 18.4 Å². The van der Waals surface area contributed by atoms with Crippen molar-refractivity contribution < 1.29 is 19.1 Å². The molecule has 1 saturated heterocycles. The van der Waals surface area contributed by atoms with E-state index in [4.69, 9.17) is 4.74 Å². The third-order valence-electron chi connectivity index (χ3n) is 4.15. The summed E-state index contributed by atoms with van der Waals surface area (Å²) in [5.74, 6) is -0.571. The molecule has 0 unspecified atom stereocenters. The Morgan fingerprint density at radius 3 is 2.43 bits per heavy atom. The normalized spacial score (nSPS) is 21.4. The highest BCUT2D eigenvalue weighted by molar-refractivity contribution is 5.83. The van der Waals surface area contributed by atoms with Gasteiger partial charge in [0.05, 0.1) is 14.2 Å². The first-order valence-corrected chi connectivity index (χ1v) is 7.06. The maximum Gasteiger partial charge on any atom is 0.326 e. The van der Waals surface area contributed by atoms with Gasteiger partial charge in [-0.15, -0.1) is 0 Å². The average Bonchev–Trinajstić information content (AvgIpc) is 2.52. The van der Waals surface area contributed by atoms with Gasteiger partial charge < -0.3 is 9.47 Å². The largest absolute Gasteiger partial charge is 0.469 e. The summed E-state index contributed by atoms with van der Waals surface area (Å²) >= 11 is 0. The summed E-state index contributed by atoms with van der Waals surface area (Å²) in [6.45, 7) is 1.50. The molecule has 1 aromatic rings. The number of hydrogen-bond acceptors (Lipinski definition) is 5. The summed E-state index contributed by atoms with van der Waals surface area (Å²) in [6.07, 6.45) is 1.36. The van der Waals surface area contributed by atoms with Crippen molar-refractivity contribution in [1.29, 1.82) is 0 Å². The maximum atomic E-state index is 12.2. The fraction of sp³-hybridized carbons (Fsp3) is 0.500. The average molecular weight is 291 g/mol. The summed E-state index contributed by atoms with van der Waals surface area (Å²) < 4.78 is 9.63. The van der Waals surface area contributed by atoms with Crippen LogP contribution in [0.15, 0.2) is 30.3 Å². The second-order valence-corrected chi connectivity index (χ2v) is 5.26. The number of ether oxygens (including phenoxy) is 2. The number of benzene rings is 1. The molecule has 114 valence electrons. The molecule has 1 aliphatic rings. The molecule has 0 radical (unpaired) electrons. The lowest BCUT2D eigenvalue weighted by molar-refractivity contribution is -0.168. The molecule has 0 aromatic heterocycles. The van der Waals surface area contributed by atoms with Gasteiger partial charge in [0, 0.05) is 19.5 Å². The zero-order valence-electron chi connectivity index (χ0n) is 12.5. The Morgan fingerprint density at radius 1 is 1.19 bits per heavy atom. The van der Waals surface area contributed by atoms with Crippen molar-refractivity contribution in [3.8, 4) is 0 Å². The quantitative estimate of drug-likeness (QED) is 0.748. The standard InChI is InChI=1S/C16H21NO4/c1-20-14(18)8-9-16(15(19)21-2)10-11-17(16)12-13-6-4-3-5-7-13/h3-7H,8-12H2,1-2H3/t16-/m0/s1. The van der Waals surface area contributed by atoms with Crippen molar-refractivity contribution in [2.45, 2.75) is 31.3 Å². The van der Waals surface area contributed by atoms with Crippen LogP contribution in [0.4, 0.5) is 0 Å². The predicted octanol–water partition coefficient (Wildman–Crippen LogP) is 1.76. The Balaban J connectivity index is 2.09. The molecule has 1 fully saturated rings. The van der Waals surface area contributed by atoms with Gasteiger partial charge >= 0.3 is 11.9 Å². The highest BCUT2D eigenvalue weighted by atomic mass is 16.5. The highest BCUT2D eigenvalue weighted by Gasteiger charge is 2.51. The zero-order chi connectivity index (χ0) is 15.3. The van der Waals surface area contributed by atoms with Gasteiger partial charge in [-0.2, -0.15) is 0 Å². The van der Waals surface area contributed by atoms with E-state index in [0.717, 1.165) is 12.1 Å². The van der Waals surface area contributed by atoms with Crippen molar-refractivity contribution in [2.24, 2.45) is 0 Å². The van der Waals surface area contributed by atoms with E-state index in [1.54, 1.807) is 0 Å². The number of rotatable bonds is 6. The molecule has 5 nitrogen and oxygen atoms in total. The van der Waals surface area contributed by atoms with Crippen molar-refractivity contribution in [1.82, 2.24) is 4.90 Å². The van der Waals surface area contributed by atoms with E-state index >= 15 is 0 Å². The van der Waals surface area contributed by atoms with Gasteiger partial charge in [-0.25, -0.2) is 0 Å². The lowest BCUT2D eigenvalue weighted by Crippen LogP contribution is -2.64. The molecule has 1 aliphatic heterocycles. The number of carbonyl (C=O) groups is 2. The van der Waals surface area contributed by atoms with E-state index in [9.17, 15) is 9.59 Å². The van der Waals surface area contributed by atoms with Gasteiger partial charge in [-0.3, -0.25) is 14.5 Å². The second kappa shape index (κ2) is 6.72. The second-order valence-electron chi connectivity index (χ2n) is 5.26. The lowest BCUT2D eigenvalue weighted by Gasteiger charge is -2.50. The lowest BCUT2D eigenvalue weighted by atomic mass is 9.80. The van der Waals surface area contributed by atoms with Crippen LogP contribution in [0.25, 0.3) is 0 Å². The minimum atomic E-state index is -0.696. The number of nitrogens with zero attached hydrogens (tertiary/aromatic N) is 1. The first-order chi connectivity index (χ1) is 10.1. The van der Waals surface area contributed by atoms with Crippen LogP contribution in [0.5, 0.6) is 0 Å². The Kier molecular flexibility index (Phi) is 4.96. The van der Waals surface area contributed by atoms with E-state index in [1.165, 1.54) is 14.2 Å². The van der Waals surface area contributed by atoms with Crippen LogP contribution in [0, 0.1) is 0 Å². The van der Waals surface area contributed by atoms with Crippen LogP contribution < -0.4 is 0 Å². The van der Waals surface area contributed by atoms with Gasteiger partial charge in [0.1, 0.15) is 5.54 Å². The number of methoxy groups -OCH3 is 2. The smallest absolute Gasteiger partial charge is 0.326 e. The SMILES string of the molecule is COC(=O)CC[C@@]1(C(=O)OC)CCN1Cc1ccccc1. The number of likely N-dealkylation sites (tertiary alicyclic amines) is 1. The monoisotopic (exact) mass is 291 g/mol. The van der Waals surface area contributed by atoms with E-state index in [0.29, 0.717) is 19.4 Å². The fourth-order valence-electron chi connectivity index (χ4n) is 2.79. The molecular formula is C16H21NO4. The summed E-state index contributed by atoms with van der Waals surface area (Å²) in [4.78, 5) is 25.7. The molecule has 0 N–H and O–H groups in total.